The van der Waals surface area contributed by atoms with Crippen LogP contribution in [0.2, 0.25) is 5.02 Å². The number of hydrogen-bond acceptors (Lipinski definition) is 5. The van der Waals surface area contributed by atoms with Crippen molar-refractivity contribution in [3.05, 3.63) is 75.1 Å². The molecule has 2 aromatic carbocycles. The van der Waals surface area contributed by atoms with E-state index in [1.54, 1.807) is 43.3 Å². The van der Waals surface area contributed by atoms with Crippen molar-refractivity contribution in [3.8, 4) is 5.75 Å². The van der Waals surface area contributed by atoms with E-state index in [2.05, 4.69) is 5.32 Å². The lowest BCUT2D eigenvalue weighted by Crippen LogP contribution is -2.27. The van der Waals surface area contributed by atoms with Crippen LogP contribution in [0.15, 0.2) is 57.7 Å². The Labute approximate surface area is 153 Å². The molecule has 0 saturated heterocycles. The number of ether oxygens (including phenoxy) is 1. The van der Waals surface area contributed by atoms with Gasteiger partial charge in [-0.3, -0.25) is 4.79 Å². The van der Waals surface area contributed by atoms with Crippen molar-refractivity contribution in [2.24, 2.45) is 0 Å². The van der Waals surface area contributed by atoms with Gasteiger partial charge in [0.1, 0.15) is 16.9 Å². The molecule has 3 rings (SSSR count). The zero-order valence-electron chi connectivity index (χ0n) is 13.7. The lowest BCUT2D eigenvalue weighted by Gasteiger charge is -2.06. The minimum Gasteiger partial charge on any atom is -0.423 e. The van der Waals surface area contributed by atoms with Crippen LogP contribution >= 0.6 is 11.6 Å². The zero-order chi connectivity index (χ0) is 18.7. The second-order valence-corrected chi connectivity index (χ2v) is 5.84. The Morgan fingerprint density at radius 3 is 2.54 bits per heavy atom. The molecule has 3 aromatic rings. The van der Waals surface area contributed by atoms with Crippen LogP contribution in [-0.4, -0.2) is 18.4 Å². The number of hydrogen-bond donors (Lipinski definition) is 1. The van der Waals surface area contributed by atoms with E-state index in [0.29, 0.717) is 22.5 Å². The lowest BCUT2D eigenvalue weighted by atomic mass is 10.1. The SMILES string of the molecule is CCNC(=O)c1cc2ccc(OC(=O)c3ccc(Cl)cc3)cc2oc1=O. The summed E-state index contributed by atoms with van der Waals surface area (Å²) >= 11 is 5.79. The Morgan fingerprint density at radius 2 is 1.85 bits per heavy atom. The van der Waals surface area contributed by atoms with Crippen LogP contribution in [-0.2, 0) is 0 Å². The van der Waals surface area contributed by atoms with E-state index in [1.165, 1.54) is 12.1 Å². The number of amides is 1. The van der Waals surface area contributed by atoms with Gasteiger partial charge >= 0.3 is 11.6 Å². The van der Waals surface area contributed by atoms with Crippen molar-refractivity contribution < 1.29 is 18.7 Å². The number of carbonyl (C=O) groups is 2. The minimum atomic E-state index is -0.760. The van der Waals surface area contributed by atoms with Gasteiger partial charge in [-0.05, 0) is 49.4 Å². The third kappa shape index (κ3) is 3.75. The molecule has 1 heterocycles. The molecule has 6 nitrogen and oxygen atoms in total. The molecule has 26 heavy (non-hydrogen) atoms. The molecule has 0 spiro atoms. The monoisotopic (exact) mass is 371 g/mol. The first-order chi connectivity index (χ1) is 12.5. The molecule has 1 N–H and O–H groups in total. The van der Waals surface area contributed by atoms with Crippen LogP contribution < -0.4 is 15.7 Å². The predicted molar refractivity (Wildman–Crippen MR) is 96.9 cm³/mol. The van der Waals surface area contributed by atoms with Gasteiger partial charge in [0.05, 0.1) is 5.56 Å². The molecular formula is C19H14ClNO5. The maximum Gasteiger partial charge on any atom is 0.349 e. The van der Waals surface area contributed by atoms with Gasteiger partial charge in [0.25, 0.3) is 5.91 Å². The van der Waals surface area contributed by atoms with Gasteiger partial charge < -0.3 is 14.5 Å². The summed E-state index contributed by atoms with van der Waals surface area (Å²) in [6.45, 7) is 2.15. The number of benzene rings is 2. The summed E-state index contributed by atoms with van der Waals surface area (Å²) in [5.41, 5.74) is -0.290. The van der Waals surface area contributed by atoms with E-state index in [-0.39, 0.29) is 16.9 Å². The topological polar surface area (TPSA) is 85.6 Å². The summed E-state index contributed by atoms with van der Waals surface area (Å²) in [5.74, 6) is -0.852. The average molecular weight is 372 g/mol. The zero-order valence-corrected chi connectivity index (χ0v) is 14.5. The van der Waals surface area contributed by atoms with Crippen LogP contribution in [0, 0.1) is 0 Å². The third-order valence-corrected chi connectivity index (χ3v) is 3.83. The fourth-order valence-electron chi connectivity index (χ4n) is 2.32. The Balaban J connectivity index is 1.88. The number of fused-ring (bicyclic) bond motifs is 1. The second kappa shape index (κ2) is 7.41. The van der Waals surface area contributed by atoms with Crippen molar-refractivity contribution in [2.75, 3.05) is 6.54 Å². The van der Waals surface area contributed by atoms with Crippen molar-refractivity contribution in [2.45, 2.75) is 6.92 Å². The van der Waals surface area contributed by atoms with E-state index >= 15 is 0 Å². The first-order valence-electron chi connectivity index (χ1n) is 7.82. The van der Waals surface area contributed by atoms with Crippen molar-refractivity contribution in [1.82, 2.24) is 5.32 Å². The van der Waals surface area contributed by atoms with Crippen molar-refractivity contribution in [3.63, 3.8) is 0 Å². The molecular weight excluding hydrogens is 358 g/mol. The molecule has 0 unspecified atom stereocenters. The van der Waals surface area contributed by atoms with Crippen LogP contribution in [0.25, 0.3) is 11.0 Å². The Bertz CT molecular complexity index is 1040. The molecule has 7 heteroatoms. The van der Waals surface area contributed by atoms with Crippen LogP contribution in [0.1, 0.15) is 27.6 Å². The van der Waals surface area contributed by atoms with E-state index in [4.69, 9.17) is 20.8 Å². The number of carbonyl (C=O) groups excluding carboxylic acids is 2. The summed E-state index contributed by atoms with van der Waals surface area (Å²) in [6, 6.07) is 12.3. The fourth-order valence-corrected chi connectivity index (χ4v) is 2.45. The summed E-state index contributed by atoms with van der Waals surface area (Å²) in [7, 11) is 0. The highest BCUT2D eigenvalue weighted by atomic mass is 35.5. The second-order valence-electron chi connectivity index (χ2n) is 5.40. The molecule has 0 bridgehead atoms. The number of rotatable bonds is 4. The fraction of sp³-hybridized carbons (Fsp3) is 0.105. The van der Waals surface area contributed by atoms with Gasteiger partial charge in [0, 0.05) is 23.0 Å². The predicted octanol–water partition coefficient (Wildman–Crippen LogP) is 3.42. The molecule has 0 atom stereocenters. The molecule has 0 saturated carbocycles. The van der Waals surface area contributed by atoms with Crippen molar-refractivity contribution >= 4 is 34.4 Å². The lowest BCUT2D eigenvalue weighted by molar-refractivity contribution is 0.0734. The highest BCUT2D eigenvalue weighted by Crippen LogP contribution is 2.22. The maximum atomic E-state index is 12.1. The first-order valence-corrected chi connectivity index (χ1v) is 8.19. The molecule has 132 valence electrons. The molecule has 1 aromatic heterocycles. The first kappa shape index (κ1) is 17.7. The molecule has 0 aliphatic carbocycles. The standard InChI is InChI=1S/C19H14ClNO5/c1-2-21-17(22)15-9-12-5-8-14(10-16(12)26-19(15)24)25-18(23)11-3-6-13(20)7-4-11/h3-10H,2H2,1H3,(H,21,22). The summed E-state index contributed by atoms with van der Waals surface area (Å²) in [4.78, 5) is 36.0. The smallest absolute Gasteiger partial charge is 0.349 e. The van der Waals surface area contributed by atoms with Crippen molar-refractivity contribution in [1.29, 1.82) is 0 Å². The largest absolute Gasteiger partial charge is 0.423 e. The summed E-state index contributed by atoms with van der Waals surface area (Å²) < 4.78 is 10.5. The van der Waals surface area contributed by atoms with Gasteiger partial charge in [-0.25, -0.2) is 9.59 Å². The Morgan fingerprint density at radius 1 is 1.12 bits per heavy atom. The minimum absolute atomic E-state index is 0.0785. The Kier molecular flexibility index (Phi) is 5.04. The Hall–Kier alpha value is -3.12. The molecule has 1 amide bonds. The quantitative estimate of drug-likeness (QED) is 0.431. The molecule has 0 radical (unpaired) electrons. The van der Waals surface area contributed by atoms with E-state index in [1.807, 2.05) is 0 Å². The molecule has 0 aliphatic heterocycles. The highest BCUT2D eigenvalue weighted by Gasteiger charge is 2.14. The maximum absolute atomic E-state index is 12.1. The van der Waals surface area contributed by atoms with Crippen LogP contribution in [0.3, 0.4) is 0 Å². The summed E-state index contributed by atoms with van der Waals surface area (Å²) in [5, 5.41) is 3.60. The summed E-state index contributed by atoms with van der Waals surface area (Å²) in [6.07, 6.45) is 0. The van der Waals surface area contributed by atoms with E-state index in [0.717, 1.165) is 0 Å². The molecule has 0 aliphatic rings. The number of esters is 1. The van der Waals surface area contributed by atoms with E-state index in [9.17, 15) is 14.4 Å². The normalized spacial score (nSPS) is 10.5. The van der Waals surface area contributed by atoms with Gasteiger partial charge in [0.15, 0.2) is 0 Å². The van der Waals surface area contributed by atoms with Gasteiger partial charge in [0.2, 0.25) is 0 Å². The third-order valence-electron chi connectivity index (χ3n) is 3.58. The number of nitrogens with one attached hydrogen (secondary N) is 1. The van der Waals surface area contributed by atoms with Gasteiger partial charge in [-0.15, -0.1) is 0 Å². The van der Waals surface area contributed by atoms with Gasteiger partial charge in [-0.2, -0.15) is 0 Å². The highest BCUT2D eigenvalue weighted by molar-refractivity contribution is 6.30. The van der Waals surface area contributed by atoms with Crippen LogP contribution in [0.5, 0.6) is 5.75 Å². The number of halogens is 1. The molecule has 0 fully saturated rings. The van der Waals surface area contributed by atoms with E-state index < -0.39 is 17.5 Å². The van der Waals surface area contributed by atoms with Gasteiger partial charge in [-0.1, -0.05) is 11.6 Å². The average Bonchev–Trinajstić information content (AvgIpc) is 2.61. The van der Waals surface area contributed by atoms with Crippen LogP contribution in [0.4, 0.5) is 0 Å².